The Bertz CT molecular complexity index is 508. The molecule has 0 saturated carbocycles. The summed E-state index contributed by atoms with van der Waals surface area (Å²) in [4.78, 5) is 11.1. The van der Waals surface area contributed by atoms with Gasteiger partial charge >= 0.3 is 0 Å². The third-order valence-electron chi connectivity index (χ3n) is 2.11. The van der Waals surface area contributed by atoms with Crippen molar-refractivity contribution in [2.45, 2.75) is 0 Å². The fourth-order valence-electron chi connectivity index (χ4n) is 1.47. The molecule has 0 aliphatic carbocycles. The van der Waals surface area contributed by atoms with Gasteiger partial charge in [-0.25, -0.2) is 0 Å². The molecule has 0 atom stereocenters. The Morgan fingerprint density at radius 1 is 1.21 bits per heavy atom. The van der Waals surface area contributed by atoms with Crippen LogP contribution >= 0.6 is 15.9 Å². The van der Waals surface area contributed by atoms with Crippen molar-refractivity contribution < 1.29 is 4.79 Å². The minimum atomic E-state index is -0.391. The number of halogens is 1. The fraction of sp³-hybridized carbons (Fsp3) is 0. The molecule has 0 heterocycles. The molecule has 0 unspecified atom stereocenters. The van der Waals surface area contributed by atoms with Crippen LogP contribution in [-0.4, -0.2) is 5.91 Å². The number of carbonyl (C=O) groups excluding carboxylic acids is 1. The van der Waals surface area contributed by atoms with Crippen molar-refractivity contribution >= 4 is 32.6 Å². The van der Waals surface area contributed by atoms with Gasteiger partial charge in [-0.05, 0) is 29.0 Å². The average Bonchev–Trinajstić information content (AvgIpc) is 2.16. The first kappa shape index (κ1) is 9.21. The lowest BCUT2D eigenvalue weighted by Crippen LogP contribution is -2.11. The summed E-state index contributed by atoms with van der Waals surface area (Å²) < 4.78 is 0.992. The normalized spacial score (nSPS) is 10.4. The maximum absolute atomic E-state index is 11.1. The van der Waals surface area contributed by atoms with Crippen LogP contribution in [0.15, 0.2) is 40.9 Å². The molecule has 0 aliphatic rings. The quantitative estimate of drug-likeness (QED) is 0.830. The predicted octanol–water partition coefficient (Wildman–Crippen LogP) is 2.70. The summed E-state index contributed by atoms with van der Waals surface area (Å²) in [5, 5.41) is 1.90. The van der Waals surface area contributed by atoms with Crippen LogP contribution in [0.4, 0.5) is 0 Å². The number of fused-ring (bicyclic) bond motifs is 1. The Labute approximate surface area is 89.8 Å². The summed E-state index contributed by atoms with van der Waals surface area (Å²) in [6, 6.07) is 11.3. The second kappa shape index (κ2) is 3.42. The highest BCUT2D eigenvalue weighted by molar-refractivity contribution is 9.10. The molecule has 2 rings (SSSR count). The van der Waals surface area contributed by atoms with Crippen LogP contribution in [-0.2, 0) is 0 Å². The smallest absolute Gasteiger partial charge is 0.249 e. The third-order valence-corrected chi connectivity index (χ3v) is 2.60. The maximum atomic E-state index is 11.1. The minimum Gasteiger partial charge on any atom is -0.366 e. The predicted molar refractivity (Wildman–Crippen MR) is 60.2 cm³/mol. The molecular weight excluding hydrogens is 242 g/mol. The Balaban J connectivity index is 2.81. The summed E-state index contributed by atoms with van der Waals surface area (Å²) in [6.07, 6.45) is 0. The van der Waals surface area contributed by atoms with Crippen molar-refractivity contribution in [3.63, 3.8) is 0 Å². The Hall–Kier alpha value is -1.35. The van der Waals surface area contributed by atoms with E-state index in [1.165, 1.54) is 0 Å². The average molecular weight is 250 g/mol. The molecule has 2 nitrogen and oxygen atoms in total. The van der Waals surface area contributed by atoms with Crippen molar-refractivity contribution in [2.24, 2.45) is 5.73 Å². The van der Waals surface area contributed by atoms with Gasteiger partial charge in [-0.15, -0.1) is 0 Å². The van der Waals surface area contributed by atoms with E-state index in [4.69, 9.17) is 5.73 Å². The molecule has 0 aliphatic heterocycles. The van der Waals surface area contributed by atoms with Crippen LogP contribution in [0.3, 0.4) is 0 Å². The van der Waals surface area contributed by atoms with Gasteiger partial charge in [0.15, 0.2) is 0 Å². The number of nitrogens with two attached hydrogens (primary N) is 1. The topological polar surface area (TPSA) is 43.1 Å². The SMILES string of the molecule is NC(=O)c1cccc2cc(Br)ccc12. The van der Waals surface area contributed by atoms with Crippen LogP contribution < -0.4 is 5.73 Å². The lowest BCUT2D eigenvalue weighted by molar-refractivity contribution is 0.100. The molecule has 2 N–H and O–H groups in total. The van der Waals surface area contributed by atoms with Gasteiger partial charge in [0.1, 0.15) is 0 Å². The molecule has 0 bridgehead atoms. The third kappa shape index (κ3) is 1.51. The summed E-state index contributed by atoms with van der Waals surface area (Å²) in [5.41, 5.74) is 5.83. The van der Waals surface area contributed by atoms with E-state index in [9.17, 15) is 4.79 Å². The summed E-state index contributed by atoms with van der Waals surface area (Å²) in [6.45, 7) is 0. The molecule has 0 saturated heterocycles. The Morgan fingerprint density at radius 2 is 2.00 bits per heavy atom. The van der Waals surface area contributed by atoms with Gasteiger partial charge in [0.05, 0.1) is 0 Å². The number of hydrogen-bond acceptors (Lipinski definition) is 1. The minimum absolute atomic E-state index is 0.391. The van der Waals surface area contributed by atoms with Crippen LogP contribution in [0.5, 0.6) is 0 Å². The standard InChI is InChI=1S/C11H8BrNO/c12-8-4-5-9-7(6-8)2-1-3-10(9)11(13)14/h1-6H,(H2,13,14). The maximum Gasteiger partial charge on any atom is 0.249 e. The monoisotopic (exact) mass is 249 g/mol. The number of primary amides is 1. The number of hydrogen-bond donors (Lipinski definition) is 1. The van der Waals surface area contributed by atoms with E-state index in [2.05, 4.69) is 15.9 Å². The summed E-state index contributed by atoms with van der Waals surface area (Å²) in [7, 11) is 0. The molecule has 0 radical (unpaired) electrons. The Morgan fingerprint density at radius 3 is 2.71 bits per heavy atom. The highest BCUT2D eigenvalue weighted by Crippen LogP contribution is 2.22. The number of benzene rings is 2. The molecule has 0 fully saturated rings. The first-order valence-corrected chi connectivity index (χ1v) is 4.96. The second-order valence-corrected chi connectivity index (χ2v) is 3.95. The molecule has 0 aromatic heterocycles. The van der Waals surface area contributed by atoms with Crippen molar-refractivity contribution in [3.8, 4) is 0 Å². The van der Waals surface area contributed by atoms with Crippen LogP contribution in [0.1, 0.15) is 10.4 Å². The summed E-state index contributed by atoms with van der Waals surface area (Å²) in [5.74, 6) is -0.391. The van der Waals surface area contributed by atoms with Crippen molar-refractivity contribution in [1.82, 2.24) is 0 Å². The largest absolute Gasteiger partial charge is 0.366 e. The number of carbonyl (C=O) groups is 1. The highest BCUT2D eigenvalue weighted by Gasteiger charge is 2.05. The van der Waals surface area contributed by atoms with Gasteiger partial charge in [0.2, 0.25) is 5.91 Å². The Kier molecular flexibility index (Phi) is 2.25. The van der Waals surface area contributed by atoms with Gasteiger partial charge in [0, 0.05) is 10.0 Å². The molecule has 14 heavy (non-hydrogen) atoms. The zero-order chi connectivity index (χ0) is 10.1. The zero-order valence-electron chi connectivity index (χ0n) is 7.33. The van der Waals surface area contributed by atoms with E-state index in [1.54, 1.807) is 6.07 Å². The van der Waals surface area contributed by atoms with Gasteiger partial charge in [0.25, 0.3) is 0 Å². The van der Waals surface area contributed by atoms with Crippen molar-refractivity contribution in [2.75, 3.05) is 0 Å². The lowest BCUT2D eigenvalue weighted by Gasteiger charge is -2.02. The van der Waals surface area contributed by atoms with E-state index in [0.717, 1.165) is 15.2 Å². The summed E-state index contributed by atoms with van der Waals surface area (Å²) >= 11 is 3.38. The lowest BCUT2D eigenvalue weighted by atomic mass is 10.0. The van der Waals surface area contributed by atoms with E-state index < -0.39 is 5.91 Å². The molecule has 2 aromatic rings. The number of amides is 1. The van der Waals surface area contributed by atoms with Crippen LogP contribution in [0.2, 0.25) is 0 Å². The second-order valence-electron chi connectivity index (χ2n) is 3.04. The first-order chi connectivity index (χ1) is 6.68. The van der Waals surface area contributed by atoms with Gasteiger partial charge in [-0.3, -0.25) is 4.79 Å². The van der Waals surface area contributed by atoms with E-state index in [0.29, 0.717) is 5.56 Å². The molecule has 1 amide bonds. The van der Waals surface area contributed by atoms with Gasteiger partial charge < -0.3 is 5.73 Å². The van der Waals surface area contributed by atoms with E-state index in [1.807, 2.05) is 30.3 Å². The number of rotatable bonds is 1. The van der Waals surface area contributed by atoms with Gasteiger partial charge in [-0.1, -0.05) is 34.1 Å². The molecule has 0 spiro atoms. The van der Waals surface area contributed by atoms with Crippen molar-refractivity contribution in [1.29, 1.82) is 0 Å². The molecule has 2 aromatic carbocycles. The van der Waals surface area contributed by atoms with Crippen LogP contribution in [0.25, 0.3) is 10.8 Å². The van der Waals surface area contributed by atoms with E-state index in [-0.39, 0.29) is 0 Å². The van der Waals surface area contributed by atoms with E-state index >= 15 is 0 Å². The zero-order valence-corrected chi connectivity index (χ0v) is 8.91. The van der Waals surface area contributed by atoms with Crippen LogP contribution in [0, 0.1) is 0 Å². The molecular formula is C11H8BrNO. The van der Waals surface area contributed by atoms with Gasteiger partial charge in [-0.2, -0.15) is 0 Å². The molecule has 3 heteroatoms. The van der Waals surface area contributed by atoms with Crippen molar-refractivity contribution in [3.05, 3.63) is 46.4 Å². The highest BCUT2D eigenvalue weighted by atomic mass is 79.9. The fourth-order valence-corrected chi connectivity index (χ4v) is 1.85. The first-order valence-electron chi connectivity index (χ1n) is 4.16. The molecule has 70 valence electrons.